The predicted molar refractivity (Wildman–Crippen MR) is 197 cm³/mol. The quantitative estimate of drug-likeness (QED) is 0.101. The molecular formula is C37H51N6O10P. The highest BCUT2D eigenvalue weighted by Crippen LogP contribution is 2.49. The van der Waals surface area contributed by atoms with Crippen molar-refractivity contribution in [1.29, 1.82) is 5.26 Å². The van der Waals surface area contributed by atoms with Crippen LogP contribution in [0.4, 0.5) is 5.82 Å². The lowest BCUT2D eigenvalue weighted by molar-refractivity contribution is -0.173. The Morgan fingerprint density at radius 1 is 1.02 bits per heavy atom. The SMILES string of the molecule is CCC(CC)COC(=O)[C@H](C)NP(=O)(OC[C@H]1O[C@@](C#N)(c2ccc3c(N)ncnn23)[C@H](OC(=O)C(C)C)[C@@H]1OC(=O)C(C)C)Oc1c(C)cccc1C. The summed E-state index contributed by atoms with van der Waals surface area (Å²) in [6, 6.07) is 9.37. The molecule has 1 saturated heterocycles. The number of nitrogens with two attached hydrogens (primary N) is 1. The molecule has 16 nitrogen and oxygen atoms in total. The number of hydrogen-bond acceptors (Lipinski definition) is 14. The van der Waals surface area contributed by atoms with E-state index in [4.69, 9.17) is 33.7 Å². The molecule has 0 spiro atoms. The number of fused-ring (bicyclic) bond motifs is 1. The van der Waals surface area contributed by atoms with Crippen molar-refractivity contribution in [2.75, 3.05) is 18.9 Å². The second-order valence-electron chi connectivity index (χ2n) is 14.0. The first-order valence-corrected chi connectivity index (χ1v) is 19.6. The molecule has 6 atom stereocenters. The Kier molecular flexibility index (Phi) is 13.8. The molecule has 0 saturated carbocycles. The molecule has 54 heavy (non-hydrogen) atoms. The van der Waals surface area contributed by atoms with Gasteiger partial charge < -0.3 is 29.2 Å². The van der Waals surface area contributed by atoms with Gasteiger partial charge in [-0.2, -0.15) is 15.4 Å². The van der Waals surface area contributed by atoms with E-state index < -0.39 is 74.1 Å². The van der Waals surface area contributed by atoms with Gasteiger partial charge in [-0.15, -0.1) is 0 Å². The molecule has 4 rings (SSSR count). The zero-order valence-corrected chi connectivity index (χ0v) is 33.1. The van der Waals surface area contributed by atoms with E-state index in [1.165, 1.54) is 23.8 Å². The predicted octanol–water partition coefficient (Wildman–Crippen LogP) is 5.34. The van der Waals surface area contributed by atoms with E-state index in [1.54, 1.807) is 65.8 Å². The van der Waals surface area contributed by atoms with E-state index in [-0.39, 0.29) is 29.8 Å². The number of hydrogen-bond donors (Lipinski definition) is 2. The Bertz CT molecular complexity index is 1890. The van der Waals surface area contributed by atoms with Crippen LogP contribution >= 0.6 is 7.75 Å². The van der Waals surface area contributed by atoms with Crippen LogP contribution in [0.1, 0.15) is 78.1 Å². The van der Waals surface area contributed by atoms with Gasteiger partial charge in [0.05, 0.1) is 30.7 Å². The van der Waals surface area contributed by atoms with Gasteiger partial charge in [0.1, 0.15) is 35.8 Å². The Morgan fingerprint density at radius 2 is 1.65 bits per heavy atom. The summed E-state index contributed by atoms with van der Waals surface area (Å²) in [4.78, 5) is 43.6. The van der Waals surface area contributed by atoms with Gasteiger partial charge in [-0.1, -0.05) is 72.6 Å². The van der Waals surface area contributed by atoms with Crippen LogP contribution < -0.4 is 15.3 Å². The molecule has 0 bridgehead atoms. The van der Waals surface area contributed by atoms with Crippen LogP contribution in [0, 0.1) is 42.9 Å². The van der Waals surface area contributed by atoms with Gasteiger partial charge in [0.25, 0.3) is 0 Å². The average molecular weight is 771 g/mol. The molecule has 3 N–H and O–H groups in total. The fourth-order valence-electron chi connectivity index (χ4n) is 5.80. The van der Waals surface area contributed by atoms with E-state index in [1.807, 2.05) is 13.8 Å². The third kappa shape index (κ3) is 9.21. The normalized spacial score (nSPS) is 21.5. The first-order chi connectivity index (χ1) is 25.5. The van der Waals surface area contributed by atoms with Gasteiger partial charge in [0.2, 0.25) is 5.60 Å². The maximum Gasteiger partial charge on any atom is 0.459 e. The van der Waals surface area contributed by atoms with Crippen molar-refractivity contribution in [1.82, 2.24) is 19.7 Å². The Balaban J connectivity index is 1.78. The minimum absolute atomic E-state index is 0.0886. The minimum atomic E-state index is -4.52. The molecule has 1 aromatic carbocycles. The largest absolute Gasteiger partial charge is 0.464 e. The van der Waals surface area contributed by atoms with Crippen LogP contribution in [-0.4, -0.2) is 70.1 Å². The number of aryl methyl sites for hydroxylation is 2. The molecule has 1 fully saturated rings. The lowest BCUT2D eigenvalue weighted by atomic mass is 9.92. The summed E-state index contributed by atoms with van der Waals surface area (Å²) in [5, 5.41) is 17.9. The van der Waals surface area contributed by atoms with E-state index in [0.29, 0.717) is 16.6 Å². The lowest BCUT2D eigenvalue weighted by Crippen LogP contribution is -2.47. The highest BCUT2D eigenvalue weighted by atomic mass is 31.2. The number of anilines is 1. The smallest absolute Gasteiger partial charge is 0.459 e. The summed E-state index contributed by atoms with van der Waals surface area (Å²) < 4.78 is 52.0. The van der Waals surface area contributed by atoms with Crippen LogP contribution in [0.25, 0.3) is 5.52 Å². The van der Waals surface area contributed by atoms with Gasteiger partial charge in [0.15, 0.2) is 18.0 Å². The van der Waals surface area contributed by atoms with Crippen molar-refractivity contribution < 1.29 is 46.9 Å². The average Bonchev–Trinajstić information content (AvgIpc) is 3.70. The molecule has 1 unspecified atom stereocenters. The van der Waals surface area contributed by atoms with Gasteiger partial charge in [-0.05, 0) is 49.9 Å². The summed E-state index contributed by atoms with van der Waals surface area (Å²) in [5.41, 5.74) is 5.62. The lowest BCUT2D eigenvalue weighted by Gasteiger charge is -2.29. The maximum atomic E-state index is 14.8. The molecule has 1 aliphatic rings. The summed E-state index contributed by atoms with van der Waals surface area (Å²) in [6.45, 7) is 14.9. The van der Waals surface area contributed by atoms with Crippen molar-refractivity contribution in [2.24, 2.45) is 17.8 Å². The number of esters is 3. The number of aromatic nitrogens is 3. The van der Waals surface area contributed by atoms with Crippen LogP contribution in [0.15, 0.2) is 36.7 Å². The molecule has 0 amide bonds. The van der Waals surface area contributed by atoms with Crippen LogP contribution in [0.2, 0.25) is 0 Å². The van der Waals surface area contributed by atoms with Crippen molar-refractivity contribution in [3.8, 4) is 11.8 Å². The van der Waals surface area contributed by atoms with E-state index >= 15 is 0 Å². The van der Waals surface area contributed by atoms with Crippen molar-refractivity contribution in [2.45, 2.75) is 105 Å². The fraction of sp³-hybridized carbons (Fsp3) is 0.568. The molecule has 0 radical (unpaired) electrons. The number of nitrogens with zero attached hydrogens (tertiary/aromatic N) is 4. The summed E-state index contributed by atoms with van der Waals surface area (Å²) >= 11 is 0. The molecule has 17 heteroatoms. The molecule has 2 aromatic heterocycles. The van der Waals surface area contributed by atoms with Crippen molar-refractivity contribution in [3.63, 3.8) is 0 Å². The summed E-state index contributed by atoms with van der Waals surface area (Å²) in [5.74, 6) is -2.88. The van der Waals surface area contributed by atoms with Crippen LogP contribution in [0.5, 0.6) is 5.75 Å². The van der Waals surface area contributed by atoms with E-state index in [0.717, 1.165) is 12.8 Å². The first kappa shape index (κ1) is 42.2. The third-order valence-corrected chi connectivity index (χ3v) is 10.8. The van der Waals surface area contributed by atoms with Gasteiger partial charge >= 0.3 is 25.7 Å². The Morgan fingerprint density at radius 3 is 2.24 bits per heavy atom. The standard InChI is InChI=1S/C37H51N6O10P/c1-10-26(11-2)17-48-36(46)25(9)42-54(47,53-30-23(7)13-12-14-24(30)8)49-18-28-31(50-34(44)21(3)4)32(51-35(45)22(5)6)37(19-38,52-28)29-16-15-27-33(39)40-20-41-43(27)29/h12-16,20-22,25-26,28,31-32H,10-11,17-18H2,1-9H3,(H,42,47)(H2,39,40,41)/t25-,28+,31+,32+,37-,54?/m0/s1. The van der Waals surface area contributed by atoms with Gasteiger partial charge in [0, 0.05) is 0 Å². The number of nitriles is 1. The van der Waals surface area contributed by atoms with Crippen molar-refractivity contribution >= 4 is 37.0 Å². The number of para-hydroxylation sites is 1. The number of nitrogen functional groups attached to an aromatic ring is 1. The molecule has 1 aliphatic heterocycles. The second-order valence-corrected chi connectivity index (χ2v) is 15.7. The number of ether oxygens (including phenoxy) is 4. The monoisotopic (exact) mass is 770 g/mol. The molecule has 0 aliphatic carbocycles. The second kappa shape index (κ2) is 17.7. The number of carbonyl (C=O) groups is 3. The van der Waals surface area contributed by atoms with E-state index in [9.17, 15) is 24.2 Å². The Hall–Kier alpha value is -4.55. The number of nitrogens with one attached hydrogen (secondary N) is 1. The minimum Gasteiger partial charge on any atom is -0.464 e. The number of carbonyl (C=O) groups excluding carboxylic acids is 3. The fourth-order valence-corrected chi connectivity index (χ4v) is 7.43. The molecule has 294 valence electrons. The zero-order chi connectivity index (χ0) is 40.0. The van der Waals surface area contributed by atoms with Crippen molar-refractivity contribution in [3.05, 3.63) is 53.5 Å². The highest BCUT2D eigenvalue weighted by molar-refractivity contribution is 7.52. The zero-order valence-electron chi connectivity index (χ0n) is 32.2. The van der Waals surface area contributed by atoms with E-state index in [2.05, 4.69) is 21.2 Å². The molecular weight excluding hydrogens is 719 g/mol. The topological polar surface area (TPSA) is 216 Å². The van der Waals surface area contributed by atoms with Crippen LogP contribution in [-0.2, 0) is 48.0 Å². The maximum absolute atomic E-state index is 14.8. The highest BCUT2D eigenvalue weighted by Gasteiger charge is 2.63. The molecule has 3 aromatic rings. The summed E-state index contributed by atoms with van der Waals surface area (Å²) in [6.07, 6.45) is -1.64. The number of benzene rings is 1. The van der Waals surface area contributed by atoms with Gasteiger partial charge in [-0.3, -0.25) is 18.9 Å². The van der Waals surface area contributed by atoms with Gasteiger partial charge in [-0.25, -0.2) is 14.1 Å². The first-order valence-electron chi connectivity index (χ1n) is 18.0. The Labute approximate surface area is 315 Å². The third-order valence-electron chi connectivity index (χ3n) is 9.22. The number of rotatable bonds is 17. The summed E-state index contributed by atoms with van der Waals surface area (Å²) in [7, 11) is -4.52. The van der Waals surface area contributed by atoms with Crippen LogP contribution in [0.3, 0.4) is 0 Å². The molecule has 3 heterocycles.